The van der Waals surface area contributed by atoms with E-state index >= 15 is 0 Å². The van der Waals surface area contributed by atoms with Gasteiger partial charge in [0.2, 0.25) is 11.8 Å². The van der Waals surface area contributed by atoms with Gasteiger partial charge in [-0.3, -0.25) is 9.59 Å². The van der Waals surface area contributed by atoms with Gasteiger partial charge < -0.3 is 10.2 Å². The molecule has 1 aliphatic carbocycles. The normalized spacial score (nSPS) is 14.8. The van der Waals surface area contributed by atoms with Gasteiger partial charge in [0.25, 0.3) is 0 Å². The van der Waals surface area contributed by atoms with Crippen LogP contribution in [0.5, 0.6) is 0 Å². The van der Waals surface area contributed by atoms with Crippen molar-refractivity contribution in [2.24, 2.45) is 5.41 Å². The third kappa shape index (κ3) is 2.99. The van der Waals surface area contributed by atoms with Crippen molar-refractivity contribution in [1.29, 1.82) is 0 Å². The molecule has 3 rings (SSSR count). The lowest BCUT2D eigenvalue weighted by Crippen LogP contribution is -2.41. The van der Waals surface area contributed by atoms with E-state index in [9.17, 15) is 14.0 Å². The second-order valence-electron chi connectivity index (χ2n) is 5.86. The van der Waals surface area contributed by atoms with Crippen LogP contribution < -0.4 is 10.2 Å². The summed E-state index contributed by atoms with van der Waals surface area (Å²) in [5, 5.41) is 2.58. The highest BCUT2D eigenvalue weighted by Gasteiger charge is 2.57. The van der Waals surface area contributed by atoms with Crippen LogP contribution >= 0.6 is 11.6 Å². The van der Waals surface area contributed by atoms with Crippen LogP contribution in [0, 0.1) is 11.2 Å². The Hall–Kier alpha value is -2.40. The zero-order valence-electron chi connectivity index (χ0n) is 13.1. The van der Waals surface area contributed by atoms with Gasteiger partial charge in [-0.25, -0.2) is 4.39 Å². The molecule has 1 saturated carbocycles. The Morgan fingerprint density at radius 3 is 2.42 bits per heavy atom. The van der Waals surface area contributed by atoms with E-state index in [1.165, 1.54) is 23.1 Å². The lowest BCUT2D eigenvalue weighted by atomic mass is 10.0. The second-order valence-corrected chi connectivity index (χ2v) is 6.27. The summed E-state index contributed by atoms with van der Waals surface area (Å²) in [5.74, 6) is -1.20. The highest BCUT2D eigenvalue weighted by molar-refractivity contribution is 6.31. The van der Waals surface area contributed by atoms with E-state index in [1.807, 2.05) is 30.3 Å². The number of nitrogens with zero attached hydrogens (tertiary/aromatic N) is 1. The monoisotopic (exact) mass is 346 g/mol. The molecule has 0 saturated heterocycles. The molecule has 6 heteroatoms. The van der Waals surface area contributed by atoms with Crippen LogP contribution in [0.15, 0.2) is 48.5 Å². The maximum atomic E-state index is 13.2. The topological polar surface area (TPSA) is 49.4 Å². The van der Waals surface area contributed by atoms with Crippen LogP contribution in [0.2, 0.25) is 5.02 Å². The largest absolute Gasteiger partial charge is 0.325 e. The number of rotatable bonds is 4. The summed E-state index contributed by atoms with van der Waals surface area (Å²) in [6.45, 7) is 0. The fourth-order valence-electron chi connectivity index (χ4n) is 2.58. The fraction of sp³-hybridized carbons (Fsp3) is 0.222. The quantitative estimate of drug-likeness (QED) is 0.854. The number of benzene rings is 2. The molecule has 1 N–H and O–H groups in total. The van der Waals surface area contributed by atoms with E-state index < -0.39 is 17.1 Å². The Kier molecular flexibility index (Phi) is 4.28. The van der Waals surface area contributed by atoms with Crippen molar-refractivity contribution in [3.63, 3.8) is 0 Å². The summed E-state index contributed by atoms with van der Waals surface area (Å²) in [6, 6.07) is 13.1. The van der Waals surface area contributed by atoms with E-state index in [-0.39, 0.29) is 10.9 Å². The predicted molar refractivity (Wildman–Crippen MR) is 91.6 cm³/mol. The van der Waals surface area contributed by atoms with Crippen LogP contribution in [0.1, 0.15) is 12.8 Å². The minimum atomic E-state index is -1.06. The van der Waals surface area contributed by atoms with Gasteiger partial charge in [0.15, 0.2) is 0 Å². The summed E-state index contributed by atoms with van der Waals surface area (Å²) >= 11 is 5.72. The van der Waals surface area contributed by atoms with E-state index in [0.717, 1.165) is 5.69 Å². The molecule has 24 heavy (non-hydrogen) atoms. The van der Waals surface area contributed by atoms with Gasteiger partial charge in [-0.2, -0.15) is 0 Å². The number of nitrogens with one attached hydrogen (secondary N) is 1. The molecule has 0 bridgehead atoms. The van der Waals surface area contributed by atoms with Crippen LogP contribution in [0.4, 0.5) is 15.8 Å². The first-order valence-electron chi connectivity index (χ1n) is 7.54. The highest BCUT2D eigenvalue weighted by atomic mass is 35.5. The molecule has 2 aromatic rings. The average Bonchev–Trinajstić information content (AvgIpc) is 3.39. The highest BCUT2D eigenvalue weighted by Crippen LogP contribution is 2.48. The number of hydrogen-bond acceptors (Lipinski definition) is 2. The molecular weight excluding hydrogens is 331 g/mol. The molecule has 0 aromatic heterocycles. The Morgan fingerprint density at radius 2 is 1.83 bits per heavy atom. The molecule has 0 radical (unpaired) electrons. The number of hydrogen-bond donors (Lipinski definition) is 1. The minimum Gasteiger partial charge on any atom is -0.325 e. The van der Waals surface area contributed by atoms with Crippen molar-refractivity contribution in [2.45, 2.75) is 12.8 Å². The summed E-state index contributed by atoms with van der Waals surface area (Å²) < 4.78 is 13.2. The molecule has 0 atom stereocenters. The minimum absolute atomic E-state index is 0.0784. The Morgan fingerprint density at radius 1 is 1.17 bits per heavy atom. The summed E-state index contributed by atoms with van der Waals surface area (Å²) in [4.78, 5) is 26.8. The van der Waals surface area contributed by atoms with Gasteiger partial charge in [0, 0.05) is 18.4 Å². The van der Waals surface area contributed by atoms with Crippen molar-refractivity contribution >= 4 is 34.8 Å². The molecule has 124 valence electrons. The molecule has 0 aliphatic heterocycles. The standard InChI is InChI=1S/C18H16ClFN2O2/c1-22(13-5-3-2-4-6-13)17(24)18(9-10-18)16(23)21-12-7-8-15(20)14(19)11-12/h2-8,11H,9-10H2,1H3,(H,21,23). The van der Waals surface area contributed by atoms with Crippen molar-refractivity contribution in [2.75, 3.05) is 17.3 Å². The first-order valence-corrected chi connectivity index (χ1v) is 7.91. The number of amides is 2. The number of anilines is 2. The second kappa shape index (κ2) is 6.24. The van der Waals surface area contributed by atoms with Gasteiger partial charge in [-0.05, 0) is 43.2 Å². The molecular formula is C18H16ClFN2O2. The van der Waals surface area contributed by atoms with E-state index in [2.05, 4.69) is 5.32 Å². The molecule has 1 fully saturated rings. The first kappa shape index (κ1) is 16.5. The number of para-hydroxylation sites is 1. The summed E-state index contributed by atoms with van der Waals surface area (Å²) in [5.41, 5.74) is 0.0325. The van der Waals surface area contributed by atoms with Gasteiger partial charge in [-0.15, -0.1) is 0 Å². The molecule has 0 heterocycles. The zero-order valence-corrected chi connectivity index (χ0v) is 13.8. The van der Waals surface area contributed by atoms with Crippen molar-refractivity contribution in [1.82, 2.24) is 0 Å². The average molecular weight is 347 g/mol. The number of halogens is 2. The maximum absolute atomic E-state index is 13.2. The number of carbonyl (C=O) groups excluding carboxylic acids is 2. The van der Waals surface area contributed by atoms with Gasteiger partial charge in [0.05, 0.1) is 5.02 Å². The van der Waals surface area contributed by atoms with Crippen LogP contribution in [0.25, 0.3) is 0 Å². The zero-order chi connectivity index (χ0) is 17.3. The fourth-order valence-corrected chi connectivity index (χ4v) is 2.76. The molecule has 2 aromatic carbocycles. The Labute approximate surface area is 144 Å². The van der Waals surface area contributed by atoms with Gasteiger partial charge in [-0.1, -0.05) is 29.8 Å². The van der Waals surface area contributed by atoms with E-state index in [1.54, 1.807) is 7.05 Å². The lowest BCUT2D eigenvalue weighted by Gasteiger charge is -2.23. The summed E-state index contributed by atoms with van der Waals surface area (Å²) in [7, 11) is 1.65. The van der Waals surface area contributed by atoms with Crippen LogP contribution in [-0.2, 0) is 9.59 Å². The third-order valence-corrected chi connectivity index (χ3v) is 4.51. The first-order chi connectivity index (χ1) is 11.4. The van der Waals surface area contributed by atoms with Crippen molar-refractivity contribution < 1.29 is 14.0 Å². The van der Waals surface area contributed by atoms with E-state index in [4.69, 9.17) is 11.6 Å². The van der Waals surface area contributed by atoms with Crippen molar-refractivity contribution in [3.8, 4) is 0 Å². The van der Waals surface area contributed by atoms with Crippen molar-refractivity contribution in [3.05, 3.63) is 59.4 Å². The molecule has 0 spiro atoms. The molecule has 0 unspecified atom stereocenters. The Bertz CT molecular complexity index is 791. The smallest absolute Gasteiger partial charge is 0.242 e. The van der Waals surface area contributed by atoms with Crippen LogP contribution in [0.3, 0.4) is 0 Å². The maximum Gasteiger partial charge on any atom is 0.242 e. The van der Waals surface area contributed by atoms with E-state index in [0.29, 0.717) is 18.5 Å². The molecule has 1 aliphatic rings. The molecule has 2 amide bonds. The third-order valence-electron chi connectivity index (χ3n) is 4.22. The Balaban J connectivity index is 1.76. The predicted octanol–water partition coefficient (Wildman–Crippen LogP) is 3.86. The lowest BCUT2D eigenvalue weighted by molar-refractivity contribution is -0.132. The van der Waals surface area contributed by atoms with Gasteiger partial charge in [0.1, 0.15) is 11.2 Å². The molecule has 4 nitrogen and oxygen atoms in total. The SMILES string of the molecule is CN(C(=O)C1(C(=O)Nc2ccc(F)c(Cl)c2)CC1)c1ccccc1. The number of carbonyl (C=O) groups is 2. The van der Waals surface area contributed by atoms with Crippen LogP contribution in [-0.4, -0.2) is 18.9 Å². The summed E-state index contributed by atoms with van der Waals surface area (Å²) in [6.07, 6.45) is 0.980. The van der Waals surface area contributed by atoms with Gasteiger partial charge >= 0.3 is 0 Å².